The smallest absolute Gasteiger partial charge is 0.256 e. The van der Waals surface area contributed by atoms with Gasteiger partial charge in [0.2, 0.25) is 0 Å². The summed E-state index contributed by atoms with van der Waals surface area (Å²) in [6, 6.07) is 11.9. The first-order valence-corrected chi connectivity index (χ1v) is 11.2. The van der Waals surface area contributed by atoms with Gasteiger partial charge in [0.15, 0.2) is 0 Å². The van der Waals surface area contributed by atoms with Crippen LogP contribution in [0.3, 0.4) is 0 Å². The summed E-state index contributed by atoms with van der Waals surface area (Å²) >= 11 is 1.68. The Balaban J connectivity index is 1.53. The van der Waals surface area contributed by atoms with Crippen LogP contribution < -0.4 is 0 Å². The Morgan fingerprint density at radius 1 is 1.20 bits per heavy atom. The summed E-state index contributed by atoms with van der Waals surface area (Å²) in [5, 5.41) is 8.45. The fourth-order valence-corrected chi connectivity index (χ4v) is 4.70. The highest BCUT2D eigenvalue weighted by Crippen LogP contribution is 2.35. The maximum atomic E-state index is 13.6. The largest absolute Gasteiger partial charge is 0.340 e. The minimum atomic E-state index is -0.0708. The molecule has 1 atom stereocenters. The number of aromatic nitrogens is 5. The molecule has 1 saturated heterocycles. The molecule has 0 bridgehead atoms. The van der Waals surface area contributed by atoms with E-state index < -0.39 is 0 Å². The number of hydrogen-bond acceptors (Lipinski definition) is 5. The second-order valence-corrected chi connectivity index (χ2v) is 8.32. The average Bonchev–Trinajstić information content (AvgIpc) is 3.52. The van der Waals surface area contributed by atoms with E-state index in [0.717, 1.165) is 40.2 Å². The number of likely N-dealkylation sites (tertiary alicyclic amines) is 1. The fourth-order valence-electron chi connectivity index (χ4n) is 4.13. The summed E-state index contributed by atoms with van der Waals surface area (Å²) in [6.45, 7) is 2.69. The average molecular weight is 419 g/mol. The van der Waals surface area contributed by atoms with Gasteiger partial charge in [0, 0.05) is 11.4 Å². The lowest BCUT2D eigenvalue weighted by molar-refractivity contribution is 0.0730. The first-order chi connectivity index (χ1) is 14.7. The third-order valence-electron chi connectivity index (χ3n) is 5.56. The molecule has 2 aromatic carbocycles. The van der Waals surface area contributed by atoms with Gasteiger partial charge in [0.05, 0.1) is 35.2 Å². The van der Waals surface area contributed by atoms with Gasteiger partial charge in [-0.3, -0.25) is 4.79 Å². The van der Waals surface area contributed by atoms with Crippen LogP contribution in [0.15, 0.2) is 53.7 Å². The topological polar surface area (TPSA) is 79.7 Å². The number of rotatable bonds is 4. The third-order valence-corrected chi connectivity index (χ3v) is 6.33. The lowest BCUT2D eigenvalue weighted by Gasteiger charge is -2.24. The van der Waals surface area contributed by atoms with Gasteiger partial charge in [0.1, 0.15) is 11.3 Å². The summed E-state index contributed by atoms with van der Waals surface area (Å²) in [6.07, 6.45) is 7.12. The molecule has 5 rings (SSSR count). The number of para-hydroxylation sites is 1. The van der Waals surface area contributed by atoms with Crippen LogP contribution in [-0.2, 0) is 0 Å². The van der Waals surface area contributed by atoms with Gasteiger partial charge >= 0.3 is 0 Å². The fraction of sp³-hybridized carbons (Fsp3) is 0.273. The summed E-state index contributed by atoms with van der Waals surface area (Å²) < 4.78 is 0. The van der Waals surface area contributed by atoms with Crippen molar-refractivity contribution in [1.29, 1.82) is 0 Å². The highest BCUT2D eigenvalue weighted by Gasteiger charge is 2.34. The molecule has 1 aliphatic rings. The predicted octanol–water partition coefficient (Wildman–Crippen LogP) is 4.15. The van der Waals surface area contributed by atoms with Gasteiger partial charge in [-0.05, 0) is 50.3 Å². The maximum absolute atomic E-state index is 13.6. The van der Waals surface area contributed by atoms with E-state index in [9.17, 15) is 4.79 Å². The van der Waals surface area contributed by atoms with Crippen LogP contribution in [0.1, 0.15) is 40.6 Å². The maximum Gasteiger partial charge on any atom is 0.256 e. The molecule has 1 amide bonds. The van der Waals surface area contributed by atoms with Gasteiger partial charge < -0.3 is 9.88 Å². The molecule has 0 radical (unpaired) electrons. The van der Waals surface area contributed by atoms with Crippen LogP contribution in [-0.4, -0.2) is 48.6 Å². The number of benzene rings is 2. The summed E-state index contributed by atoms with van der Waals surface area (Å²) in [7, 11) is 0. The van der Waals surface area contributed by atoms with Crippen LogP contribution in [0.2, 0.25) is 0 Å². The normalized spacial score (nSPS) is 16.5. The number of fused-ring (bicyclic) bond motifs is 1. The van der Waals surface area contributed by atoms with Crippen LogP contribution >= 0.6 is 11.8 Å². The second kappa shape index (κ2) is 7.60. The van der Waals surface area contributed by atoms with Gasteiger partial charge in [-0.25, -0.2) is 4.98 Å². The SMILES string of the molecule is CSc1cccc2[nH]c(C3CCCN3C(=O)c3cc(C)ccc3-n3nccn3)nc12. The summed E-state index contributed by atoms with van der Waals surface area (Å²) in [4.78, 5) is 26.6. The Kier molecular flexibility index (Phi) is 4.78. The van der Waals surface area contributed by atoms with Crippen molar-refractivity contribution < 1.29 is 4.79 Å². The van der Waals surface area contributed by atoms with Crippen LogP contribution in [0.5, 0.6) is 0 Å². The zero-order valence-corrected chi connectivity index (χ0v) is 17.7. The second-order valence-electron chi connectivity index (χ2n) is 7.47. The molecule has 2 aromatic heterocycles. The van der Waals surface area contributed by atoms with Crippen molar-refractivity contribution >= 4 is 28.7 Å². The number of nitrogens with one attached hydrogen (secondary N) is 1. The molecule has 3 heterocycles. The van der Waals surface area contributed by atoms with Crippen molar-refractivity contribution in [3.05, 3.63) is 65.7 Å². The summed E-state index contributed by atoms with van der Waals surface area (Å²) in [5.41, 5.74) is 4.30. The molecular formula is C22H22N6OS. The van der Waals surface area contributed by atoms with Gasteiger partial charge in [-0.1, -0.05) is 17.7 Å². The van der Waals surface area contributed by atoms with E-state index in [1.54, 1.807) is 24.2 Å². The number of amides is 1. The van der Waals surface area contributed by atoms with Crippen LogP contribution in [0.25, 0.3) is 16.7 Å². The molecule has 0 spiro atoms. The number of imidazole rings is 1. The van der Waals surface area contributed by atoms with Gasteiger partial charge in [-0.15, -0.1) is 11.8 Å². The minimum absolute atomic E-state index is 0.0148. The molecule has 4 aromatic rings. The van der Waals surface area contributed by atoms with E-state index in [4.69, 9.17) is 4.98 Å². The zero-order valence-electron chi connectivity index (χ0n) is 16.9. The molecule has 8 heteroatoms. The van der Waals surface area contributed by atoms with E-state index in [2.05, 4.69) is 27.5 Å². The van der Waals surface area contributed by atoms with Crippen molar-refractivity contribution in [2.45, 2.75) is 30.7 Å². The molecule has 1 N–H and O–H groups in total. The number of carbonyl (C=O) groups is 1. The number of carbonyl (C=O) groups excluding carboxylic acids is 1. The minimum Gasteiger partial charge on any atom is -0.340 e. The standard InChI is InChI=1S/C22H22N6OS/c1-14-8-9-17(28-23-10-11-24-28)15(13-14)22(29)27-12-4-6-18(27)21-25-16-5-3-7-19(30-2)20(16)26-21/h3,5,7-11,13,18H,4,6,12H2,1-2H3,(H,25,26). The molecule has 1 unspecified atom stereocenters. The number of aromatic amines is 1. The molecular weight excluding hydrogens is 396 g/mol. The van der Waals surface area contributed by atoms with Crippen molar-refractivity contribution in [3.8, 4) is 5.69 Å². The molecule has 152 valence electrons. The molecule has 30 heavy (non-hydrogen) atoms. The third kappa shape index (κ3) is 3.17. The Bertz CT molecular complexity index is 1220. The van der Waals surface area contributed by atoms with Crippen molar-refractivity contribution in [1.82, 2.24) is 29.9 Å². The Morgan fingerprint density at radius 2 is 2.03 bits per heavy atom. The lowest BCUT2D eigenvalue weighted by atomic mass is 10.1. The lowest BCUT2D eigenvalue weighted by Crippen LogP contribution is -2.32. The highest BCUT2D eigenvalue weighted by molar-refractivity contribution is 7.98. The van der Waals surface area contributed by atoms with E-state index >= 15 is 0 Å². The van der Waals surface area contributed by atoms with Crippen molar-refractivity contribution in [2.75, 3.05) is 12.8 Å². The number of nitrogens with zero attached hydrogens (tertiary/aromatic N) is 5. The van der Waals surface area contributed by atoms with E-state index in [0.29, 0.717) is 17.8 Å². The highest BCUT2D eigenvalue weighted by atomic mass is 32.2. The Hall–Kier alpha value is -3.13. The first kappa shape index (κ1) is 18.9. The number of H-pyrrole nitrogens is 1. The van der Waals surface area contributed by atoms with Crippen molar-refractivity contribution in [2.24, 2.45) is 0 Å². The zero-order chi connectivity index (χ0) is 20.7. The molecule has 1 fully saturated rings. The van der Waals surface area contributed by atoms with E-state index in [1.807, 2.05) is 42.2 Å². The molecule has 1 aliphatic heterocycles. The predicted molar refractivity (Wildman–Crippen MR) is 117 cm³/mol. The quantitative estimate of drug-likeness (QED) is 0.504. The van der Waals surface area contributed by atoms with Gasteiger partial charge in [-0.2, -0.15) is 15.0 Å². The number of hydrogen-bond donors (Lipinski definition) is 1. The van der Waals surface area contributed by atoms with Crippen LogP contribution in [0.4, 0.5) is 0 Å². The van der Waals surface area contributed by atoms with Crippen LogP contribution in [0, 0.1) is 6.92 Å². The monoisotopic (exact) mass is 418 g/mol. The van der Waals surface area contributed by atoms with Gasteiger partial charge in [0.25, 0.3) is 5.91 Å². The Morgan fingerprint density at radius 3 is 2.83 bits per heavy atom. The van der Waals surface area contributed by atoms with E-state index in [1.165, 1.54) is 4.80 Å². The molecule has 7 nitrogen and oxygen atoms in total. The summed E-state index contributed by atoms with van der Waals surface area (Å²) in [5.74, 6) is 0.836. The Labute approximate surface area is 178 Å². The first-order valence-electron chi connectivity index (χ1n) is 9.96. The van der Waals surface area contributed by atoms with Crippen molar-refractivity contribution in [3.63, 3.8) is 0 Å². The van der Waals surface area contributed by atoms with E-state index in [-0.39, 0.29) is 11.9 Å². The molecule has 0 aliphatic carbocycles. The number of thioether (sulfide) groups is 1. The number of aryl methyl sites for hydroxylation is 1. The molecule has 0 saturated carbocycles.